The monoisotopic (exact) mass is 296 g/mol. The van der Waals surface area contributed by atoms with Gasteiger partial charge in [0.15, 0.2) is 0 Å². The Hall–Kier alpha value is -1.22. The molecule has 0 saturated heterocycles. The number of halogens is 2. The van der Waals surface area contributed by atoms with Crippen LogP contribution in [0.2, 0.25) is 10.0 Å². The third-order valence-electron chi connectivity index (χ3n) is 2.93. The third kappa shape index (κ3) is 3.63. The standard InChI is InChI=1S/C15H14Cl2O2/c1-19-13-6-3-10(4-7-13)15(18)8-11-2-5-12(16)9-14(11)17/h2-7,9,15,18H,8H2,1H3. The predicted molar refractivity (Wildman–Crippen MR) is 78.1 cm³/mol. The third-order valence-corrected chi connectivity index (χ3v) is 3.52. The molecule has 100 valence electrons. The van der Waals surface area contributed by atoms with Gasteiger partial charge in [0.2, 0.25) is 0 Å². The first-order valence-electron chi connectivity index (χ1n) is 5.86. The summed E-state index contributed by atoms with van der Waals surface area (Å²) in [6.07, 6.45) is -0.160. The van der Waals surface area contributed by atoms with E-state index in [9.17, 15) is 5.11 Å². The first kappa shape index (κ1) is 14.2. The van der Waals surface area contributed by atoms with E-state index in [2.05, 4.69) is 0 Å². The van der Waals surface area contributed by atoms with E-state index in [0.29, 0.717) is 16.5 Å². The van der Waals surface area contributed by atoms with E-state index in [-0.39, 0.29) is 0 Å². The van der Waals surface area contributed by atoms with E-state index in [1.165, 1.54) is 0 Å². The topological polar surface area (TPSA) is 29.5 Å². The summed E-state index contributed by atoms with van der Waals surface area (Å²) in [7, 11) is 1.61. The van der Waals surface area contributed by atoms with Crippen molar-refractivity contribution in [2.45, 2.75) is 12.5 Å². The minimum atomic E-state index is -0.607. The second-order valence-electron chi connectivity index (χ2n) is 4.23. The molecule has 1 N–H and O–H groups in total. The summed E-state index contributed by atoms with van der Waals surface area (Å²) < 4.78 is 5.08. The number of rotatable bonds is 4. The normalized spacial score (nSPS) is 12.2. The van der Waals surface area contributed by atoms with Crippen molar-refractivity contribution >= 4 is 23.2 Å². The van der Waals surface area contributed by atoms with Gasteiger partial charge in [0.1, 0.15) is 5.75 Å². The Balaban J connectivity index is 2.13. The van der Waals surface area contributed by atoms with Crippen molar-refractivity contribution in [2.75, 3.05) is 7.11 Å². The van der Waals surface area contributed by atoms with Crippen LogP contribution in [0.4, 0.5) is 0 Å². The van der Waals surface area contributed by atoms with Crippen molar-refractivity contribution in [3.63, 3.8) is 0 Å². The van der Waals surface area contributed by atoms with E-state index >= 15 is 0 Å². The Kier molecular flexibility index (Phi) is 4.70. The molecule has 2 nitrogen and oxygen atoms in total. The van der Waals surface area contributed by atoms with Crippen LogP contribution in [0.15, 0.2) is 42.5 Å². The molecule has 0 aliphatic heterocycles. The van der Waals surface area contributed by atoms with Gasteiger partial charge in [-0.05, 0) is 35.4 Å². The van der Waals surface area contributed by atoms with Gasteiger partial charge in [-0.1, -0.05) is 41.4 Å². The molecule has 0 aromatic heterocycles. The Morgan fingerprint density at radius 3 is 2.37 bits per heavy atom. The lowest BCUT2D eigenvalue weighted by molar-refractivity contribution is 0.178. The molecule has 2 aromatic carbocycles. The summed E-state index contributed by atoms with van der Waals surface area (Å²) in [6.45, 7) is 0. The Morgan fingerprint density at radius 2 is 1.79 bits per heavy atom. The fourth-order valence-electron chi connectivity index (χ4n) is 1.84. The highest BCUT2D eigenvalue weighted by Gasteiger charge is 2.11. The van der Waals surface area contributed by atoms with Crippen LogP contribution in [-0.4, -0.2) is 12.2 Å². The van der Waals surface area contributed by atoms with Gasteiger partial charge in [0.05, 0.1) is 13.2 Å². The van der Waals surface area contributed by atoms with E-state index < -0.39 is 6.10 Å². The summed E-state index contributed by atoms with van der Waals surface area (Å²) in [6, 6.07) is 12.6. The molecule has 0 fully saturated rings. The molecule has 0 amide bonds. The summed E-state index contributed by atoms with van der Waals surface area (Å²) in [5, 5.41) is 11.4. The number of aliphatic hydroxyl groups is 1. The maximum atomic E-state index is 10.2. The van der Waals surface area contributed by atoms with Gasteiger partial charge in [-0.15, -0.1) is 0 Å². The summed E-state index contributed by atoms with van der Waals surface area (Å²) in [5.74, 6) is 0.764. The number of methoxy groups -OCH3 is 1. The van der Waals surface area contributed by atoms with Crippen LogP contribution in [-0.2, 0) is 6.42 Å². The molecule has 0 aliphatic rings. The molecule has 0 saturated carbocycles. The Labute approximate surface area is 122 Å². The average molecular weight is 297 g/mol. The van der Waals surface area contributed by atoms with Crippen LogP contribution in [0.3, 0.4) is 0 Å². The van der Waals surface area contributed by atoms with E-state index in [1.54, 1.807) is 19.2 Å². The molecule has 0 heterocycles. The zero-order chi connectivity index (χ0) is 13.8. The van der Waals surface area contributed by atoms with Crippen molar-refractivity contribution in [3.8, 4) is 5.75 Å². The largest absolute Gasteiger partial charge is 0.497 e. The minimum absolute atomic E-state index is 0.447. The highest BCUT2D eigenvalue weighted by atomic mass is 35.5. The smallest absolute Gasteiger partial charge is 0.118 e. The van der Waals surface area contributed by atoms with Gasteiger partial charge in [0, 0.05) is 16.5 Å². The molecular weight excluding hydrogens is 283 g/mol. The van der Waals surface area contributed by atoms with Gasteiger partial charge >= 0.3 is 0 Å². The van der Waals surface area contributed by atoms with Gasteiger partial charge < -0.3 is 9.84 Å². The maximum Gasteiger partial charge on any atom is 0.118 e. The number of aliphatic hydroxyl groups excluding tert-OH is 1. The summed E-state index contributed by atoms with van der Waals surface area (Å²) >= 11 is 11.9. The lowest BCUT2D eigenvalue weighted by Crippen LogP contribution is -2.02. The van der Waals surface area contributed by atoms with Crippen molar-refractivity contribution in [3.05, 3.63) is 63.6 Å². The zero-order valence-electron chi connectivity index (χ0n) is 10.4. The Bertz CT molecular complexity index is 553. The first-order valence-corrected chi connectivity index (χ1v) is 6.61. The molecule has 4 heteroatoms. The van der Waals surface area contributed by atoms with Crippen molar-refractivity contribution in [1.82, 2.24) is 0 Å². The molecule has 19 heavy (non-hydrogen) atoms. The quantitative estimate of drug-likeness (QED) is 0.912. The first-order chi connectivity index (χ1) is 9.10. The molecule has 2 rings (SSSR count). The summed E-state index contributed by atoms with van der Waals surface area (Å²) in [4.78, 5) is 0. The van der Waals surface area contributed by atoms with E-state index in [0.717, 1.165) is 16.9 Å². The average Bonchev–Trinajstić information content (AvgIpc) is 2.42. The van der Waals surface area contributed by atoms with E-state index in [4.69, 9.17) is 27.9 Å². The van der Waals surface area contributed by atoms with Crippen LogP contribution in [0.1, 0.15) is 17.2 Å². The number of hydrogen-bond donors (Lipinski definition) is 1. The fraction of sp³-hybridized carbons (Fsp3) is 0.200. The minimum Gasteiger partial charge on any atom is -0.497 e. The molecule has 0 bridgehead atoms. The molecule has 0 spiro atoms. The Morgan fingerprint density at radius 1 is 1.11 bits per heavy atom. The van der Waals surface area contributed by atoms with Gasteiger partial charge in [0.25, 0.3) is 0 Å². The fourth-order valence-corrected chi connectivity index (χ4v) is 2.33. The number of benzene rings is 2. The van der Waals surface area contributed by atoms with Crippen LogP contribution >= 0.6 is 23.2 Å². The summed E-state index contributed by atoms with van der Waals surface area (Å²) in [5.41, 5.74) is 1.70. The zero-order valence-corrected chi connectivity index (χ0v) is 11.9. The maximum absolute atomic E-state index is 10.2. The van der Waals surface area contributed by atoms with Gasteiger partial charge in [-0.25, -0.2) is 0 Å². The molecule has 2 aromatic rings. The SMILES string of the molecule is COc1ccc(C(O)Cc2ccc(Cl)cc2Cl)cc1. The number of hydrogen-bond acceptors (Lipinski definition) is 2. The highest BCUT2D eigenvalue weighted by Crippen LogP contribution is 2.26. The second kappa shape index (κ2) is 6.29. The molecular formula is C15H14Cl2O2. The number of ether oxygens (including phenoxy) is 1. The van der Waals surface area contributed by atoms with Crippen LogP contribution in [0.25, 0.3) is 0 Å². The predicted octanol–water partition coefficient (Wildman–Crippen LogP) is 4.28. The van der Waals surface area contributed by atoms with Crippen LogP contribution in [0, 0.1) is 0 Å². The van der Waals surface area contributed by atoms with Crippen molar-refractivity contribution in [2.24, 2.45) is 0 Å². The van der Waals surface area contributed by atoms with E-state index in [1.807, 2.05) is 30.3 Å². The lowest BCUT2D eigenvalue weighted by Gasteiger charge is -2.13. The van der Waals surface area contributed by atoms with Crippen LogP contribution < -0.4 is 4.74 Å². The van der Waals surface area contributed by atoms with Crippen LogP contribution in [0.5, 0.6) is 5.75 Å². The molecule has 1 atom stereocenters. The van der Waals surface area contributed by atoms with Gasteiger partial charge in [-0.3, -0.25) is 0 Å². The van der Waals surface area contributed by atoms with Crippen molar-refractivity contribution < 1.29 is 9.84 Å². The molecule has 0 aliphatic carbocycles. The molecule has 1 unspecified atom stereocenters. The second-order valence-corrected chi connectivity index (χ2v) is 5.07. The highest BCUT2D eigenvalue weighted by molar-refractivity contribution is 6.35. The van der Waals surface area contributed by atoms with Gasteiger partial charge in [-0.2, -0.15) is 0 Å². The lowest BCUT2D eigenvalue weighted by atomic mass is 10.0. The molecule has 0 radical (unpaired) electrons. The van der Waals surface area contributed by atoms with Crippen molar-refractivity contribution in [1.29, 1.82) is 0 Å².